The lowest BCUT2D eigenvalue weighted by atomic mass is 9.99. The SMILES string of the molecule is CCN(CC)C(=O)c1ccc(CNC(=NC)N2CC(C)C(C(=O)OC)C2)cc1. The second kappa shape index (κ2) is 10.1. The van der Waals surface area contributed by atoms with E-state index in [1.54, 1.807) is 11.9 Å². The van der Waals surface area contributed by atoms with Crippen LogP contribution < -0.4 is 5.32 Å². The fourth-order valence-electron chi connectivity index (χ4n) is 3.57. The molecule has 1 aromatic rings. The van der Waals surface area contributed by atoms with Crippen LogP contribution in [0.3, 0.4) is 0 Å². The Hall–Kier alpha value is -2.57. The highest BCUT2D eigenvalue weighted by Crippen LogP contribution is 2.24. The second-order valence-corrected chi connectivity index (χ2v) is 7.09. The fourth-order valence-corrected chi connectivity index (χ4v) is 3.57. The van der Waals surface area contributed by atoms with Gasteiger partial charge in [0.2, 0.25) is 0 Å². The van der Waals surface area contributed by atoms with Crippen molar-refractivity contribution in [2.45, 2.75) is 27.3 Å². The molecule has 154 valence electrons. The lowest BCUT2D eigenvalue weighted by Gasteiger charge is -2.22. The number of guanidine groups is 1. The van der Waals surface area contributed by atoms with Crippen LogP contribution in [0.2, 0.25) is 0 Å². The summed E-state index contributed by atoms with van der Waals surface area (Å²) in [6.45, 7) is 9.39. The Morgan fingerprint density at radius 1 is 1.21 bits per heavy atom. The van der Waals surface area contributed by atoms with Gasteiger partial charge in [-0.25, -0.2) is 0 Å². The normalized spacial score (nSPS) is 19.5. The molecule has 7 heteroatoms. The molecule has 0 saturated carbocycles. The molecule has 0 radical (unpaired) electrons. The van der Waals surface area contributed by atoms with Crippen LogP contribution >= 0.6 is 0 Å². The van der Waals surface area contributed by atoms with Crippen LogP contribution in [0.25, 0.3) is 0 Å². The number of rotatable bonds is 6. The second-order valence-electron chi connectivity index (χ2n) is 7.09. The molecule has 1 fully saturated rings. The topological polar surface area (TPSA) is 74.2 Å². The molecule has 0 aliphatic carbocycles. The first-order valence-corrected chi connectivity index (χ1v) is 9.86. The maximum absolute atomic E-state index is 12.4. The summed E-state index contributed by atoms with van der Waals surface area (Å²) in [4.78, 5) is 32.5. The number of hydrogen-bond acceptors (Lipinski definition) is 4. The largest absolute Gasteiger partial charge is 0.469 e. The highest BCUT2D eigenvalue weighted by Gasteiger charge is 2.36. The van der Waals surface area contributed by atoms with Gasteiger partial charge >= 0.3 is 5.97 Å². The molecule has 2 rings (SSSR count). The first-order valence-electron chi connectivity index (χ1n) is 9.86. The van der Waals surface area contributed by atoms with Gasteiger partial charge in [0, 0.05) is 45.3 Å². The smallest absolute Gasteiger partial charge is 0.310 e. The lowest BCUT2D eigenvalue weighted by Crippen LogP contribution is -2.40. The Kier molecular flexibility index (Phi) is 7.84. The van der Waals surface area contributed by atoms with E-state index in [9.17, 15) is 9.59 Å². The molecule has 0 bridgehead atoms. The van der Waals surface area contributed by atoms with Gasteiger partial charge in [0.25, 0.3) is 5.91 Å². The molecule has 2 atom stereocenters. The summed E-state index contributed by atoms with van der Waals surface area (Å²) in [7, 11) is 3.17. The number of nitrogens with zero attached hydrogens (tertiary/aromatic N) is 3. The van der Waals surface area contributed by atoms with Gasteiger partial charge in [0.1, 0.15) is 0 Å². The molecule has 0 aromatic heterocycles. The fraction of sp³-hybridized carbons (Fsp3) is 0.571. The minimum absolute atomic E-state index is 0.0558. The number of likely N-dealkylation sites (tertiary alicyclic amines) is 1. The monoisotopic (exact) mass is 388 g/mol. The quantitative estimate of drug-likeness (QED) is 0.458. The standard InChI is InChI=1S/C21H32N4O3/c1-6-24(7-2)19(26)17-10-8-16(9-11-17)12-23-21(22-4)25-13-15(3)18(14-25)20(27)28-5/h8-11,15,18H,6-7,12-14H2,1-5H3,(H,22,23). The molecule has 1 aromatic carbocycles. The zero-order valence-corrected chi connectivity index (χ0v) is 17.6. The number of carbonyl (C=O) groups is 2. The Morgan fingerprint density at radius 2 is 1.86 bits per heavy atom. The van der Waals surface area contributed by atoms with Crippen LogP contribution in [-0.4, -0.2) is 68.0 Å². The highest BCUT2D eigenvalue weighted by atomic mass is 16.5. The number of carbonyl (C=O) groups excluding carboxylic acids is 2. The Morgan fingerprint density at radius 3 is 2.39 bits per heavy atom. The summed E-state index contributed by atoms with van der Waals surface area (Å²) in [5, 5.41) is 3.35. The van der Waals surface area contributed by atoms with Gasteiger partial charge in [0.05, 0.1) is 13.0 Å². The average molecular weight is 389 g/mol. The predicted octanol–water partition coefficient (Wildman–Crippen LogP) is 1.98. The molecule has 1 aliphatic heterocycles. The van der Waals surface area contributed by atoms with Crippen molar-refractivity contribution >= 4 is 17.8 Å². The molecule has 28 heavy (non-hydrogen) atoms. The predicted molar refractivity (Wildman–Crippen MR) is 110 cm³/mol. The summed E-state index contributed by atoms with van der Waals surface area (Å²) in [6.07, 6.45) is 0. The molecular weight excluding hydrogens is 356 g/mol. The number of hydrogen-bond donors (Lipinski definition) is 1. The minimum atomic E-state index is -0.168. The molecule has 7 nitrogen and oxygen atoms in total. The van der Waals surface area contributed by atoms with Crippen LogP contribution in [0, 0.1) is 11.8 Å². The molecule has 1 N–H and O–H groups in total. The van der Waals surface area contributed by atoms with Crippen LogP contribution in [0.1, 0.15) is 36.7 Å². The summed E-state index contributed by atoms with van der Waals surface area (Å²) in [5.74, 6) is 0.742. The molecule has 1 saturated heterocycles. The minimum Gasteiger partial charge on any atom is -0.469 e. The Bertz CT molecular complexity index is 698. The average Bonchev–Trinajstić information content (AvgIpc) is 3.10. The maximum atomic E-state index is 12.4. The van der Waals surface area contributed by atoms with E-state index in [4.69, 9.17) is 4.74 Å². The number of amides is 1. The lowest BCUT2D eigenvalue weighted by molar-refractivity contribution is -0.145. The van der Waals surface area contributed by atoms with Gasteiger partial charge in [-0.3, -0.25) is 14.6 Å². The number of benzene rings is 1. The van der Waals surface area contributed by atoms with Crippen molar-refractivity contribution in [1.82, 2.24) is 15.1 Å². The van der Waals surface area contributed by atoms with E-state index in [0.717, 1.165) is 18.1 Å². The van der Waals surface area contributed by atoms with E-state index in [-0.39, 0.29) is 23.7 Å². The van der Waals surface area contributed by atoms with Crippen LogP contribution in [0.5, 0.6) is 0 Å². The number of aliphatic imine (C=N–C) groups is 1. The van der Waals surface area contributed by atoms with Gasteiger partial charge in [-0.1, -0.05) is 19.1 Å². The van der Waals surface area contributed by atoms with E-state index in [0.29, 0.717) is 31.7 Å². The molecule has 0 spiro atoms. The third-order valence-electron chi connectivity index (χ3n) is 5.33. The maximum Gasteiger partial charge on any atom is 0.310 e. The Balaban J connectivity index is 1.95. The van der Waals surface area contributed by atoms with Crippen molar-refractivity contribution in [3.8, 4) is 0 Å². The number of ether oxygens (including phenoxy) is 1. The zero-order chi connectivity index (χ0) is 20.7. The summed E-state index contributed by atoms with van der Waals surface area (Å²) >= 11 is 0. The Labute approximate surface area is 167 Å². The van der Waals surface area contributed by atoms with Gasteiger partial charge in [-0.15, -0.1) is 0 Å². The number of nitrogens with one attached hydrogen (secondary N) is 1. The van der Waals surface area contributed by atoms with Gasteiger partial charge in [-0.2, -0.15) is 0 Å². The van der Waals surface area contributed by atoms with Crippen LogP contribution in [0.15, 0.2) is 29.3 Å². The molecule has 1 heterocycles. The summed E-state index contributed by atoms with van der Waals surface area (Å²) < 4.78 is 4.90. The van der Waals surface area contributed by atoms with Gasteiger partial charge in [-0.05, 0) is 37.5 Å². The third-order valence-corrected chi connectivity index (χ3v) is 5.33. The van der Waals surface area contributed by atoms with Crippen molar-refractivity contribution in [3.63, 3.8) is 0 Å². The number of esters is 1. The van der Waals surface area contributed by atoms with Gasteiger partial charge in [0.15, 0.2) is 5.96 Å². The third kappa shape index (κ3) is 5.03. The van der Waals surface area contributed by atoms with Gasteiger partial charge < -0.3 is 19.9 Å². The van der Waals surface area contributed by atoms with Crippen molar-refractivity contribution in [1.29, 1.82) is 0 Å². The van der Waals surface area contributed by atoms with E-state index < -0.39 is 0 Å². The van der Waals surface area contributed by atoms with Crippen molar-refractivity contribution < 1.29 is 14.3 Å². The molecular formula is C21H32N4O3. The summed E-state index contributed by atoms with van der Waals surface area (Å²) in [6, 6.07) is 7.65. The first-order chi connectivity index (χ1) is 13.4. The van der Waals surface area contributed by atoms with Crippen molar-refractivity contribution in [2.75, 3.05) is 40.3 Å². The van der Waals surface area contributed by atoms with E-state index in [2.05, 4.69) is 22.1 Å². The summed E-state index contributed by atoms with van der Waals surface area (Å²) in [5.41, 5.74) is 1.76. The zero-order valence-electron chi connectivity index (χ0n) is 17.6. The molecule has 2 unspecified atom stereocenters. The van der Waals surface area contributed by atoms with E-state index in [1.165, 1.54) is 7.11 Å². The van der Waals surface area contributed by atoms with Crippen molar-refractivity contribution in [2.24, 2.45) is 16.8 Å². The van der Waals surface area contributed by atoms with Crippen LogP contribution in [0.4, 0.5) is 0 Å². The van der Waals surface area contributed by atoms with Crippen molar-refractivity contribution in [3.05, 3.63) is 35.4 Å². The van der Waals surface area contributed by atoms with Crippen LogP contribution in [-0.2, 0) is 16.1 Å². The molecule has 1 aliphatic rings. The molecule has 1 amide bonds. The van der Waals surface area contributed by atoms with E-state index in [1.807, 2.05) is 38.1 Å². The highest BCUT2D eigenvalue weighted by molar-refractivity contribution is 5.94. The number of methoxy groups -OCH3 is 1. The first kappa shape index (κ1) is 21.7. The van der Waals surface area contributed by atoms with E-state index >= 15 is 0 Å².